The topological polar surface area (TPSA) is 53.2 Å². The molecule has 1 N–H and O–H groups in total. The maximum atomic E-state index is 13.7. The molecule has 0 saturated heterocycles. The van der Waals surface area contributed by atoms with Gasteiger partial charge >= 0.3 is 0 Å². The van der Waals surface area contributed by atoms with Crippen LogP contribution in [0, 0.1) is 17.1 Å². The molecule has 0 aliphatic carbocycles. The highest BCUT2D eigenvalue weighted by molar-refractivity contribution is 9.10. The van der Waals surface area contributed by atoms with E-state index in [0.717, 1.165) is 4.47 Å². The van der Waals surface area contributed by atoms with Crippen LogP contribution in [-0.2, 0) is 6.61 Å². The number of nitrogens with zero attached hydrogens (tertiary/aromatic N) is 1. The Morgan fingerprint density at radius 2 is 2.10 bits per heavy atom. The van der Waals surface area contributed by atoms with Gasteiger partial charge in [0.25, 0.3) is 0 Å². The first-order valence-corrected chi connectivity index (χ1v) is 7.09. The van der Waals surface area contributed by atoms with Crippen molar-refractivity contribution in [3.05, 3.63) is 63.4 Å². The third kappa shape index (κ3) is 3.81. The van der Waals surface area contributed by atoms with Crippen LogP contribution in [0.1, 0.15) is 29.7 Å². The largest absolute Gasteiger partial charge is 0.488 e. The first kappa shape index (κ1) is 15.5. The number of aliphatic hydroxyl groups is 1. The summed E-state index contributed by atoms with van der Waals surface area (Å²) in [6.07, 6.45) is -0.701. The molecule has 0 spiro atoms. The average molecular weight is 350 g/mol. The van der Waals surface area contributed by atoms with Crippen molar-refractivity contribution in [1.29, 1.82) is 5.26 Å². The van der Waals surface area contributed by atoms with Crippen molar-refractivity contribution in [3.63, 3.8) is 0 Å². The molecule has 0 aromatic heterocycles. The molecule has 21 heavy (non-hydrogen) atoms. The van der Waals surface area contributed by atoms with E-state index in [9.17, 15) is 9.50 Å². The van der Waals surface area contributed by atoms with Gasteiger partial charge in [0.1, 0.15) is 18.2 Å². The molecule has 3 nitrogen and oxygen atoms in total. The number of aliphatic hydroxyl groups excluding tert-OH is 1. The number of ether oxygens (including phenoxy) is 1. The summed E-state index contributed by atoms with van der Waals surface area (Å²) >= 11 is 3.33. The van der Waals surface area contributed by atoms with E-state index in [1.54, 1.807) is 25.1 Å². The number of halogens is 2. The van der Waals surface area contributed by atoms with E-state index in [-0.39, 0.29) is 6.61 Å². The van der Waals surface area contributed by atoms with Crippen LogP contribution in [0.3, 0.4) is 0 Å². The summed E-state index contributed by atoms with van der Waals surface area (Å²) < 4.78 is 20.1. The van der Waals surface area contributed by atoms with Crippen LogP contribution in [0.2, 0.25) is 0 Å². The summed E-state index contributed by atoms with van der Waals surface area (Å²) in [6, 6.07) is 11.3. The second kappa shape index (κ2) is 6.70. The summed E-state index contributed by atoms with van der Waals surface area (Å²) in [5.74, 6) is 0.0552. The van der Waals surface area contributed by atoms with Gasteiger partial charge in [0.05, 0.1) is 17.7 Å². The van der Waals surface area contributed by atoms with Crippen molar-refractivity contribution in [2.24, 2.45) is 0 Å². The molecule has 0 unspecified atom stereocenters. The van der Waals surface area contributed by atoms with E-state index in [1.165, 1.54) is 18.2 Å². The number of nitriles is 1. The van der Waals surface area contributed by atoms with E-state index in [0.29, 0.717) is 22.4 Å². The fourth-order valence-electron chi connectivity index (χ4n) is 1.89. The smallest absolute Gasteiger partial charge is 0.129 e. The molecular formula is C16H13BrFNO2. The van der Waals surface area contributed by atoms with Gasteiger partial charge in [-0.05, 0) is 43.3 Å². The lowest BCUT2D eigenvalue weighted by atomic mass is 10.1. The third-order valence-electron chi connectivity index (χ3n) is 2.98. The minimum atomic E-state index is -0.701. The van der Waals surface area contributed by atoms with Gasteiger partial charge in [-0.25, -0.2) is 4.39 Å². The van der Waals surface area contributed by atoms with Gasteiger partial charge < -0.3 is 9.84 Å². The normalized spacial score (nSPS) is 11.8. The van der Waals surface area contributed by atoms with Crippen molar-refractivity contribution in [3.8, 4) is 11.8 Å². The average Bonchev–Trinajstić information content (AvgIpc) is 2.47. The highest BCUT2D eigenvalue weighted by atomic mass is 79.9. The van der Waals surface area contributed by atoms with E-state index < -0.39 is 11.9 Å². The second-order valence-electron chi connectivity index (χ2n) is 4.56. The summed E-state index contributed by atoms with van der Waals surface area (Å²) in [4.78, 5) is 0. The Morgan fingerprint density at radius 1 is 1.33 bits per heavy atom. The zero-order valence-electron chi connectivity index (χ0n) is 11.3. The van der Waals surface area contributed by atoms with Crippen molar-refractivity contribution in [1.82, 2.24) is 0 Å². The van der Waals surface area contributed by atoms with Crippen molar-refractivity contribution < 1.29 is 14.2 Å². The van der Waals surface area contributed by atoms with Crippen molar-refractivity contribution in [2.45, 2.75) is 19.6 Å². The molecule has 5 heteroatoms. The molecule has 2 aromatic carbocycles. The van der Waals surface area contributed by atoms with Crippen LogP contribution in [-0.4, -0.2) is 5.11 Å². The molecule has 1 atom stereocenters. The zero-order chi connectivity index (χ0) is 15.4. The van der Waals surface area contributed by atoms with Crippen LogP contribution in [0.5, 0.6) is 5.75 Å². The van der Waals surface area contributed by atoms with Crippen molar-refractivity contribution >= 4 is 15.9 Å². The van der Waals surface area contributed by atoms with Crippen LogP contribution in [0.25, 0.3) is 0 Å². The van der Waals surface area contributed by atoms with Crippen molar-refractivity contribution in [2.75, 3.05) is 0 Å². The molecule has 0 fully saturated rings. The van der Waals surface area contributed by atoms with E-state index in [2.05, 4.69) is 15.9 Å². The van der Waals surface area contributed by atoms with Gasteiger partial charge in [-0.2, -0.15) is 5.26 Å². The maximum absolute atomic E-state index is 13.7. The minimum absolute atomic E-state index is 0.0112. The zero-order valence-corrected chi connectivity index (χ0v) is 12.9. The molecular weight excluding hydrogens is 337 g/mol. The Bertz CT molecular complexity index is 695. The minimum Gasteiger partial charge on any atom is -0.488 e. The summed E-state index contributed by atoms with van der Waals surface area (Å²) in [5.41, 5.74) is 1.29. The predicted molar refractivity (Wildman–Crippen MR) is 80.2 cm³/mol. The quantitative estimate of drug-likeness (QED) is 0.904. The van der Waals surface area contributed by atoms with E-state index >= 15 is 0 Å². The van der Waals surface area contributed by atoms with Crippen LogP contribution < -0.4 is 4.74 Å². The maximum Gasteiger partial charge on any atom is 0.129 e. The van der Waals surface area contributed by atoms with Crippen LogP contribution in [0.4, 0.5) is 4.39 Å². The molecule has 0 radical (unpaired) electrons. The predicted octanol–water partition coefficient (Wildman–Crippen LogP) is 4.09. The molecule has 0 aliphatic heterocycles. The number of hydrogen-bond donors (Lipinski definition) is 1. The lowest BCUT2D eigenvalue weighted by Gasteiger charge is -2.14. The molecule has 2 rings (SSSR count). The van der Waals surface area contributed by atoms with E-state index in [1.807, 2.05) is 6.07 Å². The summed E-state index contributed by atoms with van der Waals surface area (Å²) in [5, 5.41) is 18.6. The Morgan fingerprint density at radius 3 is 2.76 bits per heavy atom. The molecule has 0 saturated carbocycles. The number of hydrogen-bond acceptors (Lipinski definition) is 3. The highest BCUT2D eigenvalue weighted by Gasteiger charge is 2.11. The Hall–Kier alpha value is -1.90. The molecule has 0 aliphatic rings. The van der Waals surface area contributed by atoms with Gasteiger partial charge in [-0.1, -0.05) is 15.9 Å². The first-order valence-electron chi connectivity index (χ1n) is 6.30. The second-order valence-corrected chi connectivity index (χ2v) is 5.48. The fraction of sp³-hybridized carbons (Fsp3) is 0.188. The molecule has 2 aromatic rings. The van der Waals surface area contributed by atoms with Crippen LogP contribution in [0.15, 0.2) is 40.9 Å². The first-order chi connectivity index (χ1) is 10.0. The van der Waals surface area contributed by atoms with Gasteiger partial charge in [0.15, 0.2) is 0 Å². The van der Waals surface area contributed by atoms with Gasteiger partial charge in [0, 0.05) is 15.6 Å². The van der Waals surface area contributed by atoms with E-state index in [4.69, 9.17) is 10.00 Å². The van der Waals surface area contributed by atoms with Gasteiger partial charge in [-0.15, -0.1) is 0 Å². The Balaban J connectivity index is 2.23. The molecule has 0 amide bonds. The van der Waals surface area contributed by atoms with Gasteiger partial charge in [-0.3, -0.25) is 0 Å². The summed E-state index contributed by atoms with van der Waals surface area (Å²) in [6.45, 7) is 1.62. The Labute approximate surface area is 130 Å². The highest BCUT2D eigenvalue weighted by Crippen LogP contribution is 2.29. The molecule has 0 bridgehead atoms. The number of benzene rings is 2. The number of rotatable bonds is 4. The molecule has 0 heterocycles. The fourth-order valence-corrected chi connectivity index (χ4v) is 2.27. The monoisotopic (exact) mass is 349 g/mol. The van der Waals surface area contributed by atoms with Gasteiger partial charge in [0.2, 0.25) is 0 Å². The lowest BCUT2D eigenvalue weighted by molar-refractivity contribution is 0.189. The lowest BCUT2D eigenvalue weighted by Crippen LogP contribution is -2.03. The van der Waals surface area contributed by atoms with Crippen LogP contribution >= 0.6 is 15.9 Å². The summed E-state index contributed by atoms with van der Waals surface area (Å²) in [7, 11) is 0. The SMILES string of the molecule is C[C@@H](O)c1cc(Br)ccc1OCc1cc(C#N)ccc1F. The molecule has 108 valence electrons. The standard InChI is InChI=1S/C16H13BrFNO2/c1-10(20)14-7-13(17)3-5-16(14)21-9-12-6-11(8-19)2-4-15(12)18/h2-7,10,20H,9H2,1H3/t10-/m1/s1. The third-order valence-corrected chi connectivity index (χ3v) is 3.47. The Kier molecular flexibility index (Phi) is 4.94.